The minimum absolute atomic E-state index is 0.00866. The summed E-state index contributed by atoms with van der Waals surface area (Å²) in [4.78, 5) is 10.8. The van der Waals surface area contributed by atoms with E-state index in [1.54, 1.807) is 0 Å². The topological polar surface area (TPSA) is 109 Å². The molecular weight excluding hydrogens is 284 g/mol. The van der Waals surface area contributed by atoms with Gasteiger partial charge in [0.1, 0.15) is 10.6 Å². The molecule has 0 fully saturated rings. The molecule has 0 aliphatic rings. The van der Waals surface area contributed by atoms with E-state index in [-0.39, 0.29) is 29.7 Å². The monoisotopic (exact) mass is 304 g/mol. The van der Waals surface area contributed by atoms with Crippen LogP contribution in [-0.4, -0.2) is 42.3 Å². The van der Waals surface area contributed by atoms with Crippen LogP contribution in [0.5, 0.6) is 0 Å². The number of carboxylic acids is 1. The Labute approximate surface area is 118 Å². The molecule has 0 aliphatic carbocycles. The van der Waals surface area contributed by atoms with E-state index in [4.69, 9.17) is 10.2 Å². The second-order valence-corrected chi connectivity index (χ2v) is 6.38. The van der Waals surface area contributed by atoms with E-state index < -0.39 is 16.0 Å². The fourth-order valence-corrected chi connectivity index (χ4v) is 3.02. The van der Waals surface area contributed by atoms with Crippen LogP contribution in [0.2, 0.25) is 0 Å². The number of rotatable bonds is 8. The Morgan fingerprint density at radius 2 is 2.15 bits per heavy atom. The van der Waals surface area contributed by atoms with Crippen molar-refractivity contribution < 1.29 is 23.4 Å². The molecule has 1 atom stereocenters. The van der Waals surface area contributed by atoms with Crippen molar-refractivity contribution in [2.24, 2.45) is 13.0 Å². The number of aromatic nitrogens is 1. The van der Waals surface area contributed by atoms with Crippen LogP contribution in [-0.2, 0) is 17.1 Å². The first-order valence-electron chi connectivity index (χ1n) is 6.32. The smallest absolute Gasteiger partial charge is 0.352 e. The van der Waals surface area contributed by atoms with Crippen LogP contribution in [0.3, 0.4) is 0 Å². The highest BCUT2D eigenvalue weighted by atomic mass is 32.2. The highest BCUT2D eigenvalue weighted by molar-refractivity contribution is 7.89. The van der Waals surface area contributed by atoms with Gasteiger partial charge in [-0.15, -0.1) is 0 Å². The van der Waals surface area contributed by atoms with Gasteiger partial charge in [0.15, 0.2) is 0 Å². The Balaban J connectivity index is 2.83. The van der Waals surface area contributed by atoms with Crippen molar-refractivity contribution in [2.75, 3.05) is 13.2 Å². The first-order valence-corrected chi connectivity index (χ1v) is 7.80. The van der Waals surface area contributed by atoms with Gasteiger partial charge < -0.3 is 14.8 Å². The molecule has 1 aromatic heterocycles. The van der Waals surface area contributed by atoms with Crippen LogP contribution in [0, 0.1) is 5.92 Å². The van der Waals surface area contributed by atoms with Crippen molar-refractivity contribution in [1.29, 1.82) is 0 Å². The molecule has 0 aliphatic heterocycles. The van der Waals surface area contributed by atoms with Gasteiger partial charge in [0.25, 0.3) is 0 Å². The van der Waals surface area contributed by atoms with E-state index in [1.165, 1.54) is 17.8 Å². The highest BCUT2D eigenvalue weighted by Crippen LogP contribution is 2.14. The third-order valence-electron chi connectivity index (χ3n) is 3.19. The maximum Gasteiger partial charge on any atom is 0.352 e. The maximum atomic E-state index is 12.1. The molecule has 0 saturated heterocycles. The predicted molar refractivity (Wildman–Crippen MR) is 73.0 cm³/mol. The second-order valence-electron chi connectivity index (χ2n) is 4.62. The zero-order chi connectivity index (χ0) is 15.3. The lowest BCUT2D eigenvalue weighted by molar-refractivity contribution is 0.0686. The molecule has 8 heteroatoms. The van der Waals surface area contributed by atoms with E-state index >= 15 is 0 Å². The number of aliphatic hydroxyl groups is 1. The van der Waals surface area contributed by atoms with Gasteiger partial charge in [0.2, 0.25) is 10.0 Å². The molecule has 0 amide bonds. The molecule has 114 valence electrons. The number of aryl methyl sites for hydroxylation is 1. The maximum absolute atomic E-state index is 12.1. The fraction of sp³-hybridized carbons (Fsp3) is 0.583. The van der Waals surface area contributed by atoms with E-state index in [2.05, 4.69) is 4.72 Å². The van der Waals surface area contributed by atoms with Gasteiger partial charge in [-0.1, -0.05) is 13.3 Å². The molecule has 0 bridgehead atoms. The molecule has 0 radical (unpaired) electrons. The number of carbonyl (C=O) groups is 1. The average Bonchev–Trinajstić information content (AvgIpc) is 2.77. The van der Waals surface area contributed by atoms with Crippen LogP contribution in [0.1, 0.15) is 30.3 Å². The highest BCUT2D eigenvalue weighted by Gasteiger charge is 2.21. The van der Waals surface area contributed by atoms with Crippen LogP contribution >= 0.6 is 0 Å². The number of hydrogen-bond acceptors (Lipinski definition) is 4. The summed E-state index contributed by atoms with van der Waals surface area (Å²) in [5.41, 5.74) is -0.0900. The first-order chi connectivity index (χ1) is 9.31. The number of nitrogens with zero attached hydrogens (tertiary/aromatic N) is 1. The Hall–Kier alpha value is -1.38. The molecule has 0 spiro atoms. The van der Waals surface area contributed by atoms with Gasteiger partial charge in [-0.2, -0.15) is 0 Å². The lowest BCUT2D eigenvalue weighted by atomic mass is 10.0. The van der Waals surface area contributed by atoms with Crippen molar-refractivity contribution in [3.63, 3.8) is 0 Å². The predicted octanol–water partition coefficient (Wildman–Crippen LogP) is 0.410. The van der Waals surface area contributed by atoms with Crippen molar-refractivity contribution in [2.45, 2.75) is 24.7 Å². The van der Waals surface area contributed by atoms with Gasteiger partial charge in [-0.3, -0.25) is 0 Å². The first kappa shape index (κ1) is 16.7. The third-order valence-corrected chi connectivity index (χ3v) is 4.58. The summed E-state index contributed by atoms with van der Waals surface area (Å²) in [7, 11) is -2.26. The summed E-state index contributed by atoms with van der Waals surface area (Å²) in [6, 6.07) is 1.12. The SMILES string of the molecule is CCC(CCO)CNS(=O)(=O)c1cc(C(=O)O)n(C)c1. The molecule has 3 N–H and O–H groups in total. The minimum atomic E-state index is -3.73. The van der Waals surface area contributed by atoms with Gasteiger partial charge in [-0.25, -0.2) is 17.9 Å². The number of carboxylic acid groups (broad SMARTS) is 1. The summed E-state index contributed by atoms with van der Waals surface area (Å²) in [6.45, 7) is 2.14. The molecule has 1 rings (SSSR count). The van der Waals surface area contributed by atoms with E-state index in [1.807, 2.05) is 6.92 Å². The standard InChI is InChI=1S/C12H20N2O5S/c1-3-9(4-5-15)7-13-20(18,19)10-6-11(12(16)17)14(2)8-10/h6,8-9,13,15H,3-5,7H2,1-2H3,(H,16,17). The van der Waals surface area contributed by atoms with Crippen LogP contribution < -0.4 is 4.72 Å². The average molecular weight is 304 g/mol. The molecule has 0 saturated carbocycles. The zero-order valence-corrected chi connectivity index (χ0v) is 12.4. The zero-order valence-electron chi connectivity index (χ0n) is 11.5. The quantitative estimate of drug-likeness (QED) is 0.644. The molecule has 20 heavy (non-hydrogen) atoms. The lowest BCUT2D eigenvalue weighted by Gasteiger charge is -2.13. The van der Waals surface area contributed by atoms with E-state index in [0.29, 0.717) is 6.42 Å². The van der Waals surface area contributed by atoms with E-state index in [9.17, 15) is 13.2 Å². The van der Waals surface area contributed by atoms with Crippen molar-refractivity contribution in [3.05, 3.63) is 18.0 Å². The van der Waals surface area contributed by atoms with Gasteiger partial charge in [-0.05, 0) is 18.4 Å². The normalized spacial score (nSPS) is 13.3. The molecule has 0 aromatic carbocycles. The number of sulfonamides is 1. The summed E-state index contributed by atoms with van der Waals surface area (Å²) in [5.74, 6) is -1.13. The number of aromatic carboxylic acids is 1. The van der Waals surface area contributed by atoms with Crippen molar-refractivity contribution >= 4 is 16.0 Å². The minimum Gasteiger partial charge on any atom is -0.477 e. The summed E-state index contributed by atoms with van der Waals surface area (Å²) < 4.78 is 27.8. The summed E-state index contributed by atoms with van der Waals surface area (Å²) in [5, 5.41) is 17.8. The summed E-state index contributed by atoms with van der Waals surface area (Å²) >= 11 is 0. The van der Waals surface area contributed by atoms with Gasteiger partial charge in [0, 0.05) is 26.4 Å². The van der Waals surface area contributed by atoms with Crippen molar-refractivity contribution in [3.8, 4) is 0 Å². The Morgan fingerprint density at radius 1 is 1.50 bits per heavy atom. The van der Waals surface area contributed by atoms with E-state index in [0.717, 1.165) is 12.5 Å². The molecule has 1 unspecified atom stereocenters. The number of hydrogen-bond donors (Lipinski definition) is 3. The molecule has 7 nitrogen and oxygen atoms in total. The second kappa shape index (κ2) is 6.87. The van der Waals surface area contributed by atoms with Crippen LogP contribution in [0.4, 0.5) is 0 Å². The summed E-state index contributed by atoms with van der Waals surface area (Å²) in [6.07, 6.45) is 2.53. The van der Waals surface area contributed by atoms with Crippen LogP contribution in [0.25, 0.3) is 0 Å². The lowest BCUT2D eigenvalue weighted by Crippen LogP contribution is -2.29. The fourth-order valence-electron chi connectivity index (χ4n) is 1.84. The molecular formula is C12H20N2O5S. The van der Waals surface area contributed by atoms with Gasteiger partial charge >= 0.3 is 5.97 Å². The Morgan fingerprint density at radius 3 is 2.60 bits per heavy atom. The van der Waals surface area contributed by atoms with Gasteiger partial charge in [0.05, 0.1) is 0 Å². The Bertz CT molecular complexity index is 564. The number of nitrogens with one attached hydrogen (secondary N) is 1. The van der Waals surface area contributed by atoms with Crippen LogP contribution in [0.15, 0.2) is 17.2 Å². The molecule has 1 heterocycles. The number of aliphatic hydroxyl groups excluding tert-OH is 1. The molecule has 1 aromatic rings. The third kappa shape index (κ3) is 4.06. The largest absolute Gasteiger partial charge is 0.477 e. The Kier molecular flexibility index (Phi) is 5.73. The van der Waals surface area contributed by atoms with Crippen molar-refractivity contribution in [1.82, 2.24) is 9.29 Å².